The molecule has 21 heteroatoms. The molecule has 0 atom stereocenters. The molecule has 0 aliphatic rings. The van der Waals surface area contributed by atoms with Crippen LogP contribution < -0.4 is 5.32 Å². The van der Waals surface area contributed by atoms with E-state index in [0.717, 1.165) is 25.6 Å². The minimum atomic E-state index is -8.53. The number of fused-ring (bicyclic) bond motifs is 1. The number of hydrogen-bond donors (Lipinski definition) is 1. The van der Waals surface area contributed by atoms with E-state index in [9.17, 15) is 70.7 Å². The summed E-state index contributed by atoms with van der Waals surface area (Å²) in [6.07, 6.45) is -9.49. The summed E-state index contributed by atoms with van der Waals surface area (Å²) in [4.78, 5) is 19.3. The molecule has 226 valence electrons. The number of alkyl halides is 15. The van der Waals surface area contributed by atoms with Crippen molar-refractivity contribution in [1.29, 1.82) is 0 Å². The summed E-state index contributed by atoms with van der Waals surface area (Å²) in [7, 11) is 1.78. The van der Waals surface area contributed by atoms with Gasteiger partial charge in [-0.2, -0.15) is 65.9 Å². The minimum Gasteiger partial charge on any atom is -0.350 e. The first-order chi connectivity index (χ1) is 17.9. The third kappa shape index (κ3) is 4.75. The van der Waals surface area contributed by atoms with Gasteiger partial charge >= 0.3 is 47.6 Å². The first-order valence-corrected chi connectivity index (χ1v) is 9.84. The van der Waals surface area contributed by atoms with Crippen LogP contribution in [0, 0.1) is 0 Å². The Hall–Kier alpha value is -3.10. The second kappa shape index (κ2) is 10.1. The molecule has 1 aromatic carbocycles. The second-order valence-electron chi connectivity index (χ2n) is 7.65. The molecule has 0 saturated carbocycles. The number of hydrogen-bond acceptors (Lipinski definition) is 5. The molecule has 1 heterocycles. The van der Waals surface area contributed by atoms with Crippen LogP contribution in [0.25, 0.3) is 11.0 Å². The molecule has 0 aliphatic heterocycles. The SMILES string of the molecule is COC(OC)c1nc2ccccc2nc1NC(=O)C(F)(F)C(F)(F)C(F)(F)C(F)(F)C(F)(F)C(F)(F)C(F)(F)F. The number of benzene rings is 1. The highest BCUT2D eigenvalue weighted by molar-refractivity contribution is 5.97. The molecular formula is C19H12F15N3O3. The van der Waals surface area contributed by atoms with Crippen LogP contribution in [0.1, 0.15) is 12.0 Å². The van der Waals surface area contributed by atoms with Crippen LogP contribution in [0.15, 0.2) is 24.3 Å². The zero-order valence-electron chi connectivity index (χ0n) is 19.2. The lowest BCUT2D eigenvalue weighted by atomic mass is 9.91. The largest absolute Gasteiger partial charge is 0.460 e. The van der Waals surface area contributed by atoms with E-state index >= 15 is 0 Å². The summed E-state index contributed by atoms with van der Waals surface area (Å²) in [6, 6.07) is 4.90. The van der Waals surface area contributed by atoms with Gasteiger partial charge in [-0.05, 0) is 12.1 Å². The third-order valence-corrected chi connectivity index (χ3v) is 5.09. The molecule has 0 unspecified atom stereocenters. The van der Waals surface area contributed by atoms with Crippen molar-refractivity contribution in [3.05, 3.63) is 30.0 Å². The van der Waals surface area contributed by atoms with Crippen molar-refractivity contribution < 1.29 is 80.1 Å². The highest BCUT2D eigenvalue weighted by Crippen LogP contribution is 2.62. The van der Waals surface area contributed by atoms with Crippen molar-refractivity contribution in [2.45, 2.75) is 48.0 Å². The lowest BCUT2D eigenvalue weighted by Gasteiger charge is -2.41. The zero-order valence-corrected chi connectivity index (χ0v) is 19.2. The van der Waals surface area contributed by atoms with Crippen LogP contribution in [0.2, 0.25) is 0 Å². The molecule has 0 fully saturated rings. The number of methoxy groups -OCH3 is 2. The number of carbonyl (C=O) groups is 1. The average Bonchev–Trinajstić information content (AvgIpc) is 2.83. The van der Waals surface area contributed by atoms with Gasteiger partial charge in [-0.25, -0.2) is 9.97 Å². The molecule has 2 rings (SSSR count). The van der Waals surface area contributed by atoms with Crippen LogP contribution >= 0.6 is 0 Å². The second-order valence-corrected chi connectivity index (χ2v) is 7.65. The number of rotatable bonds is 10. The predicted molar refractivity (Wildman–Crippen MR) is 101 cm³/mol. The maximum absolute atomic E-state index is 14.3. The van der Waals surface area contributed by atoms with Gasteiger partial charge in [-0.3, -0.25) is 4.79 Å². The Morgan fingerprint density at radius 1 is 0.675 bits per heavy atom. The van der Waals surface area contributed by atoms with Gasteiger partial charge < -0.3 is 14.8 Å². The smallest absolute Gasteiger partial charge is 0.350 e. The van der Waals surface area contributed by atoms with Gasteiger partial charge in [0.05, 0.1) is 11.0 Å². The first kappa shape index (κ1) is 33.1. The number of halogens is 15. The molecule has 0 spiro atoms. The quantitative estimate of drug-likeness (QED) is 0.254. The zero-order chi connectivity index (χ0) is 31.3. The fourth-order valence-corrected chi connectivity index (χ4v) is 2.88. The number of amides is 1. The predicted octanol–water partition coefficient (Wildman–Crippen LogP) is 6.23. The van der Waals surface area contributed by atoms with E-state index in [4.69, 9.17) is 9.47 Å². The van der Waals surface area contributed by atoms with Gasteiger partial charge in [0, 0.05) is 14.2 Å². The monoisotopic (exact) mass is 615 g/mol. The topological polar surface area (TPSA) is 73.3 Å². The van der Waals surface area contributed by atoms with Crippen molar-refractivity contribution in [3.63, 3.8) is 0 Å². The van der Waals surface area contributed by atoms with Crippen LogP contribution in [0.5, 0.6) is 0 Å². The van der Waals surface area contributed by atoms with Gasteiger partial charge in [-0.1, -0.05) is 12.1 Å². The van der Waals surface area contributed by atoms with E-state index in [2.05, 4.69) is 9.97 Å². The van der Waals surface area contributed by atoms with Gasteiger partial charge in [-0.15, -0.1) is 0 Å². The number of para-hydroxylation sites is 2. The summed E-state index contributed by atoms with van der Waals surface area (Å²) in [5.74, 6) is -53.7. The van der Waals surface area contributed by atoms with Gasteiger partial charge in [0.25, 0.3) is 0 Å². The number of nitrogens with one attached hydrogen (secondary N) is 1. The van der Waals surface area contributed by atoms with Crippen LogP contribution in [-0.2, 0) is 14.3 Å². The summed E-state index contributed by atoms with van der Waals surface area (Å²) >= 11 is 0. The molecule has 0 aliphatic carbocycles. The van der Waals surface area contributed by atoms with E-state index in [1.165, 1.54) is 18.2 Å². The van der Waals surface area contributed by atoms with E-state index in [1.807, 2.05) is 0 Å². The minimum absolute atomic E-state index is 0.0920. The summed E-state index contributed by atoms with van der Waals surface area (Å²) in [5.41, 5.74) is -1.20. The lowest BCUT2D eigenvalue weighted by molar-refractivity contribution is -0.449. The number of anilines is 1. The standard InChI is InChI=1S/C19H12F15N3O3/c1-39-11(40-2)9-10(36-8-6-4-3-5-7(8)35-9)37-12(38)13(20,21)14(22,23)15(24,25)16(26,27)17(28,29)18(30,31)19(32,33)34/h3-6,11H,1-2H3,(H,36,37,38). The summed E-state index contributed by atoms with van der Waals surface area (Å²) in [5, 5.41) is 0.819. The van der Waals surface area contributed by atoms with Crippen LogP contribution in [0.4, 0.5) is 71.7 Å². The number of carbonyl (C=O) groups excluding carboxylic acids is 1. The Bertz CT molecular complexity index is 1250. The number of nitrogens with zero attached hydrogens (tertiary/aromatic N) is 2. The van der Waals surface area contributed by atoms with Crippen molar-refractivity contribution in [1.82, 2.24) is 9.97 Å². The fraction of sp³-hybridized carbons (Fsp3) is 0.526. The summed E-state index contributed by atoms with van der Waals surface area (Å²) in [6.45, 7) is 0. The molecule has 6 nitrogen and oxygen atoms in total. The molecule has 0 radical (unpaired) electrons. The molecule has 2 aromatic rings. The van der Waals surface area contributed by atoms with Gasteiger partial charge in [0.1, 0.15) is 5.69 Å². The summed E-state index contributed by atoms with van der Waals surface area (Å²) < 4.78 is 211. The fourth-order valence-electron chi connectivity index (χ4n) is 2.88. The van der Waals surface area contributed by atoms with Crippen molar-refractivity contribution in [3.8, 4) is 0 Å². The molecule has 1 N–H and O–H groups in total. The molecular weight excluding hydrogens is 603 g/mol. The normalized spacial score (nSPS) is 14.7. The highest BCUT2D eigenvalue weighted by Gasteiger charge is 2.94. The number of aromatic nitrogens is 2. The van der Waals surface area contributed by atoms with Crippen molar-refractivity contribution >= 4 is 22.8 Å². The third-order valence-electron chi connectivity index (χ3n) is 5.09. The lowest BCUT2D eigenvalue weighted by Crippen LogP contribution is -2.73. The Labute approximate surface area is 211 Å². The van der Waals surface area contributed by atoms with Gasteiger partial charge in [0.2, 0.25) is 6.29 Å². The molecule has 40 heavy (non-hydrogen) atoms. The van der Waals surface area contributed by atoms with Gasteiger partial charge in [0.15, 0.2) is 5.82 Å². The average molecular weight is 615 g/mol. The maximum atomic E-state index is 14.3. The maximum Gasteiger partial charge on any atom is 0.460 e. The Kier molecular flexibility index (Phi) is 8.33. The Morgan fingerprint density at radius 2 is 1.07 bits per heavy atom. The van der Waals surface area contributed by atoms with E-state index in [0.29, 0.717) is 0 Å². The van der Waals surface area contributed by atoms with Crippen molar-refractivity contribution in [2.75, 3.05) is 19.5 Å². The number of ether oxygens (including phenoxy) is 2. The highest BCUT2D eigenvalue weighted by atomic mass is 19.4. The first-order valence-electron chi connectivity index (χ1n) is 9.84. The van der Waals surface area contributed by atoms with Crippen LogP contribution in [-0.4, -0.2) is 71.8 Å². The molecule has 1 aromatic heterocycles. The van der Waals surface area contributed by atoms with E-state index in [1.54, 1.807) is 0 Å². The molecule has 0 bridgehead atoms. The van der Waals surface area contributed by atoms with Crippen molar-refractivity contribution in [2.24, 2.45) is 0 Å². The van der Waals surface area contributed by atoms with Crippen LogP contribution in [0.3, 0.4) is 0 Å². The Morgan fingerprint density at radius 3 is 1.50 bits per heavy atom. The van der Waals surface area contributed by atoms with E-state index in [-0.39, 0.29) is 11.0 Å². The molecule has 0 saturated heterocycles. The molecule has 1 amide bonds. The van der Waals surface area contributed by atoms with E-state index < -0.39 is 65.4 Å². The Balaban J connectivity index is 2.61.